The molecule has 8 nitrogen and oxygen atoms in total. The highest BCUT2D eigenvalue weighted by atomic mass is 16.3. The molecule has 1 saturated heterocycles. The van der Waals surface area contributed by atoms with E-state index in [0.717, 1.165) is 51.4 Å². The van der Waals surface area contributed by atoms with Crippen molar-refractivity contribution in [1.29, 1.82) is 0 Å². The van der Waals surface area contributed by atoms with Crippen LogP contribution in [0.25, 0.3) is 10.9 Å². The van der Waals surface area contributed by atoms with Crippen LogP contribution in [0.3, 0.4) is 0 Å². The van der Waals surface area contributed by atoms with Crippen molar-refractivity contribution in [3.63, 3.8) is 0 Å². The first-order valence-electron chi connectivity index (χ1n) is 10.8. The molecule has 0 bridgehead atoms. The van der Waals surface area contributed by atoms with Crippen LogP contribution in [0.5, 0.6) is 0 Å². The lowest BCUT2D eigenvalue weighted by atomic mass is 10.1. The van der Waals surface area contributed by atoms with E-state index in [2.05, 4.69) is 30.5 Å². The van der Waals surface area contributed by atoms with Gasteiger partial charge >= 0.3 is 0 Å². The number of nitrogens with zero attached hydrogens (tertiary/aromatic N) is 6. The summed E-state index contributed by atoms with van der Waals surface area (Å²) in [5.74, 6) is 1.25. The van der Waals surface area contributed by atoms with Gasteiger partial charge in [-0.25, -0.2) is 9.97 Å². The van der Waals surface area contributed by atoms with Gasteiger partial charge in [0.05, 0.1) is 36.1 Å². The van der Waals surface area contributed by atoms with E-state index in [0.29, 0.717) is 10.9 Å². The molecule has 0 atom stereocenters. The minimum atomic E-state index is -0.102. The van der Waals surface area contributed by atoms with Crippen molar-refractivity contribution in [2.24, 2.45) is 0 Å². The smallest absolute Gasteiger partial charge is 0.261 e. The second kappa shape index (κ2) is 8.20. The molecule has 0 unspecified atom stereocenters. The zero-order valence-electron chi connectivity index (χ0n) is 17.2. The van der Waals surface area contributed by atoms with Crippen molar-refractivity contribution in [2.75, 3.05) is 37.7 Å². The molecule has 2 aliphatic heterocycles. The number of rotatable bonds is 5. The summed E-state index contributed by atoms with van der Waals surface area (Å²) in [4.78, 5) is 26.4. The number of aryl methyl sites for hydroxylation is 1. The molecule has 0 spiro atoms. The van der Waals surface area contributed by atoms with Crippen LogP contribution in [-0.4, -0.2) is 61.9 Å². The lowest BCUT2D eigenvalue weighted by molar-refractivity contribution is 0.242. The molecule has 0 radical (unpaired) electrons. The zero-order chi connectivity index (χ0) is 20.5. The van der Waals surface area contributed by atoms with Gasteiger partial charge < -0.3 is 14.6 Å². The molecule has 30 heavy (non-hydrogen) atoms. The van der Waals surface area contributed by atoms with Crippen LogP contribution in [0, 0.1) is 0 Å². The van der Waals surface area contributed by atoms with Crippen LogP contribution < -0.4 is 10.5 Å². The third kappa shape index (κ3) is 3.61. The van der Waals surface area contributed by atoms with Gasteiger partial charge in [-0.05, 0) is 31.0 Å². The number of piperazine rings is 1. The summed E-state index contributed by atoms with van der Waals surface area (Å²) in [7, 11) is 0. The normalized spacial score (nSPS) is 17.4. The SMILES string of the molecule is O=c1c2ccc(N3CCN(Cc4cnc5n4CCCC5)CC3)cc2ncn1CCO. The van der Waals surface area contributed by atoms with E-state index in [1.54, 1.807) is 0 Å². The monoisotopic (exact) mass is 408 g/mol. The topological polar surface area (TPSA) is 79.4 Å². The quantitative estimate of drug-likeness (QED) is 0.684. The average Bonchev–Trinajstić information content (AvgIpc) is 3.19. The van der Waals surface area contributed by atoms with E-state index in [-0.39, 0.29) is 18.7 Å². The van der Waals surface area contributed by atoms with Crippen molar-refractivity contribution < 1.29 is 5.11 Å². The Hall–Kier alpha value is -2.71. The third-order valence-corrected chi connectivity index (χ3v) is 6.33. The van der Waals surface area contributed by atoms with Crippen LogP contribution in [0.4, 0.5) is 5.69 Å². The Bertz CT molecular complexity index is 1100. The fourth-order valence-electron chi connectivity index (χ4n) is 4.61. The van der Waals surface area contributed by atoms with E-state index >= 15 is 0 Å². The van der Waals surface area contributed by atoms with Gasteiger partial charge in [0.25, 0.3) is 5.56 Å². The third-order valence-electron chi connectivity index (χ3n) is 6.33. The summed E-state index contributed by atoms with van der Waals surface area (Å²) in [6, 6.07) is 5.87. The molecule has 2 aromatic heterocycles. The molecular weight excluding hydrogens is 380 g/mol. The van der Waals surface area contributed by atoms with Gasteiger partial charge in [-0.3, -0.25) is 14.3 Å². The Labute approximate surface area is 175 Å². The number of hydrogen-bond donors (Lipinski definition) is 1. The van der Waals surface area contributed by atoms with E-state index in [4.69, 9.17) is 5.11 Å². The van der Waals surface area contributed by atoms with Crippen molar-refractivity contribution in [1.82, 2.24) is 24.0 Å². The first-order chi connectivity index (χ1) is 14.7. The molecule has 1 fully saturated rings. The maximum absolute atomic E-state index is 12.5. The first kappa shape index (κ1) is 19.3. The van der Waals surface area contributed by atoms with E-state index in [1.165, 1.54) is 35.3 Å². The highest BCUT2D eigenvalue weighted by Crippen LogP contribution is 2.22. The lowest BCUT2D eigenvalue weighted by Crippen LogP contribution is -2.46. The van der Waals surface area contributed by atoms with Crippen LogP contribution in [-0.2, 0) is 26.1 Å². The predicted molar refractivity (Wildman–Crippen MR) is 116 cm³/mol. The van der Waals surface area contributed by atoms with Crippen molar-refractivity contribution in [3.8, 4) is 0 Å². The minimum absolute atomic E-state index is 0.0719. The molecule has 2 aliphatic rings. The molecule has 4 heterocycles. The summed E-state index contributed by atoms with van der Waals surface area (Å²) in [6.07, 6.45) is 7.20. The van der Waals surface area contributed by atoms with E-state index < -0.39 is 0 Å². The minimum Gasteiger partial charge on any atom is -0.395 e. The summed E-state index contributed by atoms with van der Waals surface area (Å²) in [6.45, 7) is 6.18. The van der Waals surface area contributed by atoms with Crippen LogP contribution in [0.15, 0.2) is 35.5 Å². The van der Waals surface area contributed by atoms with Gasteiger partial charge in [0, 0.05) is 57.6 Å². The molecule has 0 amide bonds. The molecule has 5 rings (SSSR count). The average molecular weight is 409 g/mol. The summed E-state index contributed by atoms with van der Waals surface area (Å²) in [5.41, 5.74) is 3.05. The molecular formula is C22H28N6O2. The largest absolute Gasteiger partial charge is 0.395 e. The Morgan fingerprint density at radius 1 is 1.03 bits per heavy atom. The number of aliphatic hydroxyl groups is 1. The fraction of sp³-hybridized carbons (Fsp3) is 0.500. The Morgan fingerprint density at radius 2 is 1.90 bits per heavy atom. The lowest BCUT2D eigenvalue weighted by Gasteiger charge is -2.36. The fourth-order valence-corrected chi connectivity index (χ4v) is 4.61. The van der Waals surface area contributed by atoms with E-state index in [1.807, 2.05) is 18.2 Å². The molecule has 0 aliphatic carbocycles. The first-order valence-corrected chi connectivity index (χ1v) is 10.8. The summed E-state index contributed by atoms with van der Waals surface area (Å²) < 4.78 is 3.87. The van der Waals surface area contributed by atoms with Gasteiger partial charge in [-0.2, -0.15) is 0 Å². The number of hydrogen-bond acceptors (Lipinski definition) is 6. The highest BCUT2D eigenvalue weighted by molar-refractivity contribution is 5.81. The van der Waals surface area contributed by atoms with Crippen LogP contribution in [0.1, 0.15) is 24.4 Å². The van der Waals surface area contributed by atoms with Gasteiger partial charge in [-0.15, -0.1) is 0 Å². The van der Waals surface area contributed by atoms with Gasteiger partial charge in [0.15, 0.2) is 0 Å². The molecule has 1 N–H and O–H groups in total. The summed E-state index contributed by atoms with van der Waals surface area (Å²) >= 11 is 0. The van der Waals surface area contributed by atoms with E-state index in [9.17, 15) is 4.79 Å². The van der Waals surface area contributed by atoms with Crippen LogP contribution >= 0.6 is 0 Å². The van der Waals surface area contributed by atoms with Crippen molar-refractivity contribution in [2.45, 2.75) is 38.9 Å². The van der Waals surface area contributed by atoms with Gasteiger partial charge in [-0.1, -0.05) is 0 Å². The Balaban J connectivity index is 1.26. The standard InChI is InChI=1S/C22H28N6O2/c29-12-11-27-16-24-20-13-17(4-5-19(20)22(27)30)26-9-7-25(8-10-26)15-18-14-23-21-3-1-2-6-28(18)21/h4-5,13-14,16,29H,1-3,6-12,15H2. The second-order valence-corrected chi connectivity index (χ2v) is 8.21. The maximum atomic E-state index is 12.5. The molecule has 8 heteroatoms. The zero-order valence-corrected chi connectivity index (χ0v) is 17.2. The van der Waals surface area contributed by atoms with Crippen LogP contribution in [0.2, 0.25) is 0 Å². The van der Waals surface area contributed by atoms with Crippen molar-refractivity contribution >= 4 is 16.6 Å². The number of anilines is 1. The predicted octanol–water partition coefficient (Wildman–Crippen LogP) is 1.24. The Morgan fingerprint density at radius 3 is 2.73 bits per heavy atom. The molecule has 0 saturated carbocycles. The number of benzene rings is 1. The van der Waals surface area contributed by atoms with Gasteiger partial charge in [0.2, 0.25) is 0 Å². The Kier molecular flexibility index (Phi) is 5.26. The number of aromatic nitrogens is 4. The van der Waals surface area contributed by atoms with Gasteiger partial charge in [0.1, 0.15) is 5.82 Å². The summed E-state index contributed by atoms with van der Waals surface area (Å²) in [5, 5.41) is 9.68. The highest BCUT2D eigenvalue weighted by Gasteiger charge is 2.21. The van der Waals surface area contributed by atoms with Crippen molar-refractivity contribution in [3.05, 3.63) is 52.6 Å². The number of aliphatic hydroxyl groups excluding tert-OH is 1. The maximum Gasteiger partial charge on any atom is 0.261 e. The number of imidazole rings is 1. The second-order valence-electron chi connectivity index (χ2n) is 8.21. The molecule has 3 aromatic rings. The molecule has 1 aromatic carbocycles. The number of fused-ring (bicyclic) bond motifs is 2. The molecule has 158 valence electrons.